The van der Waals surface area contributed by atoms with Crippen molar-refractivity contribution in [3.05, 3.63) is 95.4 Å². The van der Waals surface area contributed by atoms with Gasteiger partial charge in [0, 0.05) is 30.1 Å². The Morgan fingerprint density at radius 3 is 2.27 bits per heavy atom. The van der Waals surface area contributed by atoms with Crippen LogP contribution in [0.15, 0.2) is 72.9 Å². The summed E-state index contributed by atoms with van der Waals surface area (Å²) in [6.45, 7) is 11.8. The van der Waals surface area contributed by atoms with Gasteiger partial charge in [0.1, 0.15) is 29.7 Å². The molecule has 3 aromatic carbocycles. The summed E-state index contributed by atoms with van der Waals surface area (Å²) in [7, 11) is 0. The maximum atomic E-state index is 13.7. The number of hydrogen-bond donors (Lipinski definition) is 2. The van der Waals surface area contributed by atoms with E-state index < -0.39 is 0 Å². The van der Waals surface area contributed by atoms with Crippen LogP contribution in [-0.4, -0.2) is 57.2 Å². The number of aromatic hydroxyl groups is 2. The molecule has 208 valence electrons. The van der Waals surface area contributed by atoms with Crippen molar-refractivity contribution in [1.29, 1.82) is 0 Å². The molecule has 1 amide bonds. The number of carbonyl (C=O) groups excluding carboxylic acids is 1. The van der Waals surface area contributed by atoms with Gasteiger partial charge >= 0.3 is 0 Å². The molecule has 0 unspecified atom stereocenters. The number of hydrogen-bond acceptors (Lipinski definition) is 7. The van der Waals surface area contributed by atoms with Gasteiger partial charge < -0.3 is 24.7 Å². The van der Waals surface area contributed by atoms with Crippen LogP contribution in [0.1, 0.15) is 41.2 Å². The molecule has 0 aliphatic carbocycles. The fourth-order valence-electron chi connectivity index (χ4n) is 4.45. The van der Waals surface area contributed by atoms with Gasteiger partial charge in [-0.15, -0.1) is 0 Å². The molecule has 0 aliphatic rings. The molecule has 0 atom stereocenters. The molecule has 0 saturated carbocycles. The Labute approximate surface area is 235 Å². The first kappa shape index (κ1) is 28.6. The van der Waals surface area contributed by atoms with Gasteiger partial charge in [0.25, 0.3) is 5.91 Å². The van der Waals surface area contributed by atoms with Crippen molar-refractivity contribution in [2.75, 3.05) is 31.1 Å². The van der Waals surface area contributed by atoms with Gasteiger partial charge in [-0.3, -0.25) is 4.79 Å². The number of carbonyl (C=O) groups is 1. The lowest BCUT2D eigenvalue weighted by Crippen LogP contribution is -2.30. The molecule has 0 aliphatic heterocycles. The number of phenolic OH excluding ortho intramolecular Hbond substituents is 2. The number of nitrogens with zero attached hydrogens (tertiary/aromatic N) is 4. The minimum Gasteiger partial charge on any atom is -0.508 e. The number of anilines is 1. The van der Waals surface area contributed by atoms with E-state index >= 15 is 0 Å². The summed E-state index contributed by atoms with van der Waals surface area (Å²) < 4.78 is 5.91. The van der Waals surface area contributed by atoms with Crippen molar-refractivity contribution in [2.45, 2.75) is 34.2 Å². The highest BCUT2D eigenvalue weighted by Crippen LogP contribution is 2.30. The third-order valence-electron chi connectivity index (χ3n) is 6.84. The van der Waals surface area contributed by atoms with E-state index in [2.05, 4.69) is 28.7 Å². The summed E-state index contributed by atoms with van der Waals surface area (Å²) in [6.07, 6.45) is 1.80. The zero-order chi connectivity index (χ0) is 28.6. The van der Waals surface area contributed by atoms with Crippen LogP contribution in [0.4, 0.5) is 5.69 Å². The number of phenols is 2. The quantitative estimate of drug-likeness (QED) is 0.250. The molecule has 0 radical (unpaired) electrons. The van der Waals surface area contributed by atoms with Crippen LogP contribution in [-0.2, 0) is 6.54 Å². The lowest BCUT2D eigenvalue weighted by atomic mass is 10.1. The van der Waals surface area contributed by atoms with Crippen LogP contribution in [0.2, 0.25) is 0 Å². The van der Waals surface area contributed by atoms with Gasteiger partial charge in [-0.1, -0.05) is 38.1 Å². The monoisotopic (exact) mass is 540 g/mol. The molecule has 0 spiro atoms. The van der Waals surface area contributed by atoms with Crippen LogP contribution >= 0.6 is 0 Å². The number of ether oxygens (including phenoxy) is 1. The highest BCUT2D eigenvalue weighted by atomic mass is 16.5. The molecule has 1 aromatic heterocycles. The normalized spacial score (nSPS) is 11.0. The van der Waals surface area contributed by atoms with E-state index in [0.29, 0.717) is 18.1 Å². The predicted molar refractivity (Wildman–Crippen MR) is 157 cm³/mol. The minimum absolute atomic E-state index is 0.0977. The second kappa shape index (κ2) is 13.1. The Hall–Kier alpha value is -4.43. The lowest BCUT2D eigenvalue weighted by molar-refractivity contribution is 0.0982. The number of rotatable bonds is 11. The highest BCUT2D eigenvalue weighted by molar-refractivity contribution is 6.08. The summed E-state index contributed by atoms with van der Waals surface area (Å²) in [4.78, 5) is 26.4. The maximum Gasteiger partial charge on any atom is 0.262 e. The van der Waals surface area contributed by atoms with Crippen molar-refractivity contribution >= 4 is 11.6 Å². The summed E-state index contributed by atoms with van der Waals surface area (Å²) in [5.41, 5.74) is 4.36. The molecule has 8 nitrogen and oxygen atoms in total. The number of aryl methyl sites for hydroxylation is 2. The highest BCUT2D eigenvalue weighted by Gasteiger charge is 2.22. The van der Waals surface area contributed by atoms with E-state index in [1.54, 1.807) is 11.1 Å². The van der Waals surface area contributed by atoms with Gasteiger partial charge in [0.15, 0.2) is 0 Å². The number of amides is 1. The van der Waals surface area contributed by atoms with Crippen LogP contribution in [0.3, 0.4) is 0 Å². The molecule has 0 fully saturated rings. The van der Waals surface area contributed by atoms with Crippen LogP contribution in [0.25, 0.3) is 11.3 Å². The Morgan fingerprint density at radius 1 is 0.925 bits per heavy atom. The van der Waals surface area contributed by atoms with E-state index in [-0.39, 0.29) is 29.5 Å². The summed E-state index contributed by atoms with van der Waals surface area (Å²) >= 11 is 0. The molecule has 2 N–H and O–H groups in total. The Bertz CT molecular complexity index is 1430. The number of aromatic nitrogens is 2. The van der Waals surface area contributed by atoms with Gasteiger partial charge in [0.2, 0.25) is 0 Å². The van der Waals surface area contributed by atoms with Crippen LogP contribution in [0.5, 0.6) is 17.2 Å². The first-order valence-corrected chi connectivity index (χ1v) is 13.5. The predicted octanol–water partition coefficient (Wildman–Crippen LogP) is 5.74. The van der Waals surface area contributed by atoms with Crippen molar-refractivity contribution in [3.63, 3.8) is 0 Å². The number of benzene rings is 3. The Morgan fingerprint density at radius 2 is 1.62 bits per heavy atom. The summed E-state index contributed by atoms with van der Waals surface area (Å²) in [5.74, 6) is 0.668. The number of likely N-dealkylation sites (N-methyl/N-ethyl adjacent to an activating group) is 1. The average molecular weight is 541 g/mol. The second-order valence-corrected chi connectivity index (χ2v) is 9.61. The largest absolute Gasteiger partial charge is 0.508 e. The second-order valence-electron chi connectivity index (χ2n) is 9.61. The standard InChI is InChI=1S/C32H36N4O4/c1-5-35(6-2)17-18-40-28-14-7-24(8-15-28)21-36(32(39)29-16-13-27(37)19-30(29)38)26-11-9-25(10-12-26)31-22(3)20-33-23(4)34-31/h7-16,19-20,37-38H,5-6,17-18,21H2,1-4H3. The van der Waals surface area contributed by atoms with E-state index in [0.717, 1.165) is 47.8 Å². The first-order chi connectivity index (χ1) is 19.3. The molecule has 1 heterocycles. The Balaban J connectivity index is 1.59. The minimum atomic E-state index is -0.390. The molecule has 0 bridgehead atoms. The van der Waals surface area contributed by atoms with Gasteiger partial charge in [-0.05, 0) is 74.5 Å². The van der Waals surface area contributed by atoms with Gasteiger partial charge in [-0.25, -0.2) is 9.97 Å². The topological polar surface area (TPSA) is 99.0 Å². The smallest absolute Gasteiger partial charge is 0.262 e. The zero-order valence-corrected chi connectivity index (χ0v) is 23.5. The maximum absolute atomic E-state index is 13.7. The molecular weight excluding hydrogens is 504 g/mol. The van der Waals surface area contributed by atoms with Crippen molar-refractivity contribution in [1.82, 2.24) is 14.9 Å². The van der Waals surface area contributed by atoms with Gasteiger partial charge in [-0.2, -0.15) is 0 Å². The molecule has 8 heteroatoms. The van der Waals surface area contributed by atoms with E-state index in [9.17, 15) is 15.0 Å². The van der Waals surface area contributed by atoms with Crippen LogP contribution in [0, 0.1) is 13.8 Å². The zero-order valence-electron chi connectivity index (χ0n) is 23.5. The van der Waals surface area contributed by atoms with Crippen LogP contribution < -0.4 is 9.64 Å². The third-order valence-corrected chi connectivity index (χ3v) is 6.84. The first-order valence-electron chi connectivity index (χ1n) is 13.5. The van der Waals surface area contributed by atoms with Crippen molar-refractivity contribution in [2.24, 2.45) is 0 Å². The summed E-state index contributed by atoms with van der Waals surface area (Å²) in [6, 6.07) is 19.2. The molecule has 4 rings (SSSR count). The van der Waals surface area contributed by atoms with Crippen molar-refractivity contribution in [3.8, 4) is 28.5 Å². The average Bonchev–Trinajstić information content (AvgIpc) is 2.96. The van der Waals surface area contributed by atoms with Gasteiger partial charge in [0.05, 0.1) is 17.8 Å². The van der Waals surface area contributed by atoms with E-state index in [1.807, 2.05) is 62.4 Å². The molecular formula is C32H36N4O4. The molecule has 4 aromatic rings. The third kappa shape index (κ3) is 6.95. The molecule has 40 heavy (non-hydrogen) atoms. The van der Waals surface area contributed by atoms with Crippen molar-refractivity contribution < 1.29 is 19.7 Å². The lowest BCUT2D eigenvalue weighted by Gasteiger charge is -2.24. The van der Waals surface area contributed by atoms with E-state index in [1.165, 1.54) is 18.2 Å². The Kier molecular flexibility index (Phi) is 9.35. The fraction of sp³-hybridized carbons (Fsp3) is 0.281. The SMILES string of the molecule is CCN(CC)CCOc1ccc(CN(C(=O)c2ccc(O)cc2O)c2ccc(-c3nc(C)ncc3C)cc2)cc1. The molecule has 0 saturated heterocycles. The van der Waals surface area contributed by atoms with E-state index in [4.69, 9.17) is 4.74 Å². The fourth-order valence-corrected chi connectivity index (χ4v) is 4.45. The summed E-state index contributed by atoms with van der Waals surface area (Å²) in [5, 5.41) is 20.2.